The van der Waals surface area contributed by atoms with Crippen LogP contribution in [0.2, 0.25) is 5.02 Å². The van der Waals surface area contributed by atoms with Gasteiger partial charge in [-0.1, -0.05) is 36.9 Å². The molecule has 3 saturated heterocycles. The third kappa shape index (κ3) is 7.64. The molecule has 0 bridgehead atoms. The molecule has 332 valence electrons. The van der Waals surface area contributed by atoms with Crippen LogP contribution in [0.1, 0.15) is 93.4 Å². The first-order valence-corrected chi connectivity index (χ1v) is 23.0. The summed E-state index contributed by atoms with van der Waals surface area (Å²) in [6.07, 6.45) is 8.27. The number of aryl methyl sites for hydroxylation is 2. The maximum Gasteiger partial charge on any atom is 0.268 e. The van der Waals surface area contributed by atoms with Crippen LogP contribution < -0.4 is 26.4 Å². The van der Waals surface area contributed by atoms with Crippen LogP contribution in [-0.2, 0) is 20.5 Å². The van der Waals surface area contributed by atoms with Gasteiger partial charge in [0.1, 0.15) is 10.5 Å². The summed E-state index contributed by atoms with van der Waals surface area (Å²) in [5.41, 5.74) is 6.03. The van der Waals surface area contributed by atoms with Crippen molar-refractivity contribution >= 4 is 56.5 Å². The standard InChI is InChI=1S/C48H56ClF3N10O/c1-26-6-10-33(27(2)54-26)42-35-12-11-34(40(50)43(35)60(5)58-42)30-17-20-61(21-18-30)28(3)29-15-22-62(23-16-29)47-53-25-38(49)45(57-47)55-32-9-13-39-37(24-32)41-36(46(63)59(39)4)14-19-48(51,52)44(56-41)31-7-8-31/h9,11-13,24-25,28-31,33,44,54,56H,1-2,6-8,10,14-23H2,3-5H3,(H,53,55,57). The van der Waals surface area contributed by atoms with Crippen LogP contribution in [0.4, 0.5) is 36.3 Å². The Balaban J connectivity index is 0.783. The topological polar surface area (TPSA) is 108 Å². The fourth-order valence-electron chi connectivity index (χ4n) is 11.0. The Hall–Kier alpha value is -5.08. The summed E-state index contributed by atoms with van der Waals surface area (Å²) in [6.45, 7) is 14.0. The first-order chi connectivity index (χ1) is 30.3. The summed E-state index contributed by atoms with van der Waals surface area (Å²) in [5.74, 6) is -1.45. The molecule has 0 spiro atoms. The van der Waals surface area contributed by atoms with Crippen LogP contribution in [0.25, 0.3) is 21.8 Å². The maximum absolute atomic E-state index is 16.4. The van der Waals surface area contributed by atoms with E-state index in [4.69, 9.17) is 21.7 Å². The second-order valence-electron chi connectivity index (χ2n) is 18.8. The molecule has 10 rings (SSSR count). The highest BCUT2D eigenvalue weighted by Gasteiger charge is 2.50. The number of nitrogens with zero attached hydrogens (tertiary/aromatic N) is 7. The Labute approximate surface area is 370 Å². The number of halogens is 4. The molecule has 1 saturated carbocycles. The minimum Gasteiger partial charge on any atom is -0.375 e. The number of hydrogen-bond acceptors (Lipinski definition) is 9. The molecule has 4 fully saturated rings. The number of hydrogen-bond donors (Lipinski definition) is 3. The first kappa shape index (κ1) is 41.9. The van der Waals surface area contributed by atoms with E-state index in [-0.39, 0.29) is 42.0 Å². The lowest BCUT2D eigenvalue weighted by atomic mass is 9.84. The molecule has 3 unspecified atom stereocenters. The maximum atomic E-state index is 16.4. The number of pyridine rings is 1. The average Bonchev–Trinajstić information content (AvgIpc) is 4.07. The van der Waals surface area contributed by atoms with Gasteiger partial charge in [0.05, 0.1) is 29.1 Å². The van der Waals surface area contributed by atoms with E-state index in [2.05, 4.69) is 56.9 Å². The Kier molecular flexibility index (Phi) is 10.8. The number of anilines is 4. The lowest BCUT2D eigenvalue weighted by Gasteiger charge is -2.42. The van der Waals surface area contributed by atoms with Crippen LogP contribution in [0.5, 0.6) is 0 Å². The van der Waals surface area contributed by atoms with E-state index < -0.39 is 12.0 Å². The third-order valence-electron chi connectivity index (χ3n) is 14.9. The largest absolute Gasteiger partial charge is 0.375 e. The summed E-state index contributed by atoms with van der Waals surface area (Å²) in [7, 11) is 3.52. The number of likely N-dealkylation sites (tertiary alicyclic amines) is 1. The highest BCUT2D eigenvalue weighted by Crippen LogP contribution is 2.46. The lowest BCUT2D eigenvalue weighted by Crippen LogP contribution is -2.47. The number of allylic oxidation sites excluding steroid dienone is 2. The van der Waals surface area contributed by atoms with Crippen molar-refractivity contribution in [3.8, 4) is 0 Å². The SMILES string of the molecule is C=C1CCC(c2nn(C)c3c(F)c(C4CCN(C(C)C5CCN(c6ncc(Cl)c(Nc7ccc8c(c7)c7c(c(=O)n8C)CCC(F)(F)C(C8CC8)N7)n6)CC5)CC4)ccc23)C(=C)N1. The summed E-state index contributed by atoms with van der Waals surface area (Å²) < 4.78 is 50.2. The zero-order valence-corrected chi connectivity index (χ0v) is 37.0. The van der Waals surface area contributed by atoms with Gasteiger partial charge in [-0.05, 0) is 119 Å². The van der Waals surface area contributed by atoms with Crippen molar-refractivity contribution in [2.75, 3.05) is 41.7 Å². The van der Waals surface area contributed by atoms with E-state index in [1.165, 1.54) is 0 Å². The van der Waals surface area contributed by atoms with E-state index in [9.17, 15) is 4.79 Å². The number of rotatable bonds is 8. The summed E-state index contributed by atoms with van der Waals surface area (Å²) in [5, 5.41) is 16.5. The van der Waals surface area contributed by atoms with Gasteiger partial charge in [0.15, 0.2) is 11.6 Å². The molecular weight excluding hydrogens is 825 g/mol. The van der Waals surface area contributed by atoms with Gasteiger partial charge in [0.25, 0.3) is 11.5 Å². The number of alkyl halides is 2. The number of fused-ring (bicyclic) bond motifs is 4. The van der Waals surface area contributed by atoms with Crippen molar-refractivity contribution in [3.63, 3.8) is 0 Å². The van der Waals surface area contributed by atoms with Gasteiger partial charge in [-0.2, -0.15) is 10.1 Å². The predicted molar refractivity (Wildman–Crippen MR) is 245 cm³/mol. The van der Waals surface area contributed by atoms with E-state index in [0.29, 0.717) is 62.1 Å². The van der Waals surface area contributed by atoms with Crippen molar-refractivity contribution in [1.29, 1.82) is 0 Å². The number of benzene rings is 2. The second-order valence-corrected chi connectivity index (χ2v) is 19.2. The van der Waals surface area contributed by atoms with Gasteiger partial charge >= 0.3 is 0 Å². The number of piperidine rings is 3. The molecule has 63 heavy (non-hydrogen) atoms. The van der Waals surface area contributed by atoms with Crippen molar-refractivity contribution in [1.82, 2.24) is 34.5 Å². The molecule has 5 aliphatic rings. The quantitative estimate of drug-likeness (QED) is 0.141. The molecule has 3 atom stereocenters. The minimum atomic E-state index is -2.91. The van der Waals surface area contributed by atoms with Gasteiger partial charge in [0, 0.05) is 79.0 Å². The zero-order valence-electron chi connectivity index (χ0n) is 36.3. The van der Waals surface area contributed by atoms with Crippen LogP contribution in [0.3, 0.4) is 0 Å². The van der Waals surface area contributed by atoms with E-state index in [0.717, 1.165) is 106 Å². The number of aromatic nitrogens is 5. The molecule has 15 heteroatoms. The molecule has 1 aliphatic carbocycles. The van der Waals surface area contributed by atoms with Gasteiger partial charge < -0.3 is 30.3 Å². The molecule has 4 aliphatic heterocycles. The van der Waals surface area contributed by atoms with Crippen LogP contribution in [0, 0.1) is 17.7 Å². The Morgan fingerprint density at radius 2 is 1.73 bits per heavy atom. The van der Waals surface area contributed by atoms with E-state index >= 15 is 13.2 Å². The summed E-state index contributed by atoms with van der Waals surface area (Å²) in [4.78, 5) is 27.7. The highest BCUT2D eigenvalue weighted by molar-refractivity contribution is 6.33. The average molecular weight is 881 g/mol. The Bertz CT molecular complexity index is 2690. The Morgan fingerprint density at radius 3 is 2.46 bits per heavy atom. The monoisotopic (exact) mass is 880 g/mol. The normalized spacial score (nSPS) is 23.1. The highest BCUT2D eigenvalue weighted by atomic mass is 35.5. The van der Waals surface area contributed by atoms with Crippen LogP contribution >= 0.6 is 11.6 Å². The van der Waals surface area contributed by atoms with Crippen LogP contribution in [-0.4, -0.2) is 73.4 Å². The Morgan fingerprint density at radius 1 is 0.968 bits per heavy atom. The third-order valence-corrected chi connectivity index (χ3v) is 15.2. The fourth-order valence-corrected chi connectivity index (χ4v) is 11.2. The molecule has 0 amide bonds. The summed E-state index contributed by atoms with van der Waals surface area (Å²) >= 11 is 6.67. The number of nitrogens with one attached hydrogen (secondary N) is 3. The molecule has 2 aromatic carbocycles. The smallest absolute Gasteiger partial charge is 0.268 e. The van der Waals surface area contributed by atoms with E-state index in [1.54, 1.807) is 22.5 Å². The summed E-state index contributed by atoms with van der Waals surface area (Å²) in [6, 6.07) is 9.01. The first-order valence-electron chi connectivity index (χ1n) is 22.6. The fraction of sp³-hybridized carbons (Fsp3) is 0.500. The van der Waals surface area contributed by atoms with Gasteiger partial charge in [0.2, 0.25) is 5.95 Å². The molecular formula is C48H56ClF3N10O. The molecule has 3 N–H and O–H groups in total. The van der Waals surface area contributed by atoms with Gasteiger partial charge in [-0.25, -0.2) is 18.2 Å². The lowest BCUT2D eigenvalue weighted by molar-refractivity contribution is -0.0305. The van der Waals surface area contributed by atoms with Crippen LogP contribution in [0.15, 0.2) is 65.9 Å². The molecule has 7 heterocycles. The van der Waals surface area contributed by atoms with Gasteiger partial charge in [-0.3, -0.25) is 9.48 Å². The van der Waals surface area contributed by atoms with E-state index in [1.807, 2.05) is 31.3 Å². The van der Waals surface area contributed by atoms with Gasteiger partial charge in [-0.15, -0.1) is 0 Å². The van der Waals surface area contributed by atoms with Crippen molar-refractivity contribution in [2.24, 2.45) is 25.9 Å². The molecule has 0 radical (unpaired) electrons. The second kappa shape index (κ2) is 16.2. The molecule has 3 aromatic heterocycles. The minimum absolute atomic E-state index is 0.00844. The van der Waals surface area contributed by atoms with Crippen molar-refractivity contribution in [3.05, 3.63) is 99.1 Å². The molecule has 11 nitrogen and oxygen atoms in total. The predicted octanol–water partition coefficient (Wildman–Crippen LogP) is 9.50. The molecule has 5 aromatic rings. The zero-order chi connectivity index (χ0) is 43.9. The van der Waals surface area contributed by atoms with Crippen molar-refractivity contribution < 1.29 is 13.2 Å². The van der Waals surface area contributed by atoms with Crippen molar-refractivity contribution in [2.45, 2.75) is 101 Å².